The number of aryl methyl sites for hydroxylation is 1. The second-order valence-electron chi connectivity index (χ2n) is 10.1. The SMILES string of the molecule is O=C1NCc2cc(NC(=O)C3CCc4sc(NC(=O)C5CC5)c(C(=O)NCC5CC5)c4C3)ccc21.[HH]. The van der Waals surface area contributed by atoms with E-state index in [0.29, 0.717) is 60.1 Å². The zero-order valence-electron chi connectivity index (χ0n) is 19.4. The summed E-state index contributed by atoms with van der Waals surface area (Å²) < 4.78 is 0. The highest BCUT2D eigenvalue weighted by Gasteiger charge is 2.35. The van der Waals surface area contributed by atoms with Crippen molar-refractivity contribution in [3.8, 4) is 0 Å². The maximum Gasteiger partial charge on any atom is 0.254 e. The molecule has 3 aliphatic carbocycles. The van der Waals surface area contributed by atoms with Crippen molar-refractivity contribution in [1.82, 2.24) is 10.6 Å². The Morgan fingerprint density at radius 3 is 2.60 bits per heavy atom. The van der Waals surface area contributed by atoms with Crippen LogP contribution in [0.3, 0.4) is 0 Å². The standard InChI is InChI=1S/C26H28N4O4S.H2/c31-22(14-3-4-14)30-26-21(25(34)27-11-13-1-2-13)19-10-15(5-8-20(19)35-26)23(32)29-17-6-7-18-16(9-17)12-28-24(18)33;/h6-7,9,13-15H,1-5,8,10-12H2,(H,27,34)(H,28,33)(H,29,32)(H,30,31);1H. The largest absolute Gasteiger partial charge is 0.352 e. The molecule has 4 amide bonds. The van der Waals surface area contributed by atoms with E-state index >= 15 is 0 Å². The summed E-state index contributed by atoms with van der Waals surface area (Å²) >= 11 is 1.48. The Labute approximate surface area is 208 Å². The van der Waals surface area contributed by atoms with Crippen LogP contribution in [-0.4, -0.2) is 30.2 Å². The third-order valence-corrected chi connectivity index (χ3v) is 8.56. The van der Waals surface area contributed by atoms with Gasteiger partial charge in [0.1, 0.15) is 5.00 Å². The predicted molar refractivity (Wildman–Crippen MR) is 135 cm³/mol. The lowest BCUT2D eigenvalue weighted by atomic mass is 9.85. The van der Waals surface area contributed by atoms with Crippen LogP contribution in [0.1, 0.15) is 70.3 Å². The molecule has 2 fully saturated rings. The highest BCUT2D eigenvalue weighted by molar-refractivity contribution is 7.17. The Balaban J connectivity index is 0.00000267. The van der Waals surface area contributed by atoms with Crippen LogP contribution in [0.5, 0.6) is 0 Å². The summed E-state index contributed by atoms with van der Waals surface area (Å²) in [4.78, 5) is 51.7. The lowest BCUT2D eigenvalue weighted by Crippen LogP contribution is -2.31. The predicted octanol–water partition coefficient (Wildman–Crippen LogP) is 3.47. The van der Waals surface area contributed by atoms with E-state index in [0.717, 1.165) is 41.7 Å². The summed E-state index contributed by atoms with van der Waals surface area (Å²) in [6.07, 6.45) is 5.93. The van der Waals surface area contributed by atoms with Gasteiger partial charge < -0.3 is 21.3 Å². The molecule has 4 N–H and O–H groups in total. The fourth-order valence-electron chi connectivity index (χ4n) is 4.90. The molecule has 1 aromatic heterocycles. The number of nitrogens with one attached hydrogen (secondary N) is 4. The van der Waals surface area contributed by atoms with Gasteiger partial charge >= 0.3 is 0 Å². The van der Waals surface area contributed by atoms with Gasteiger partial charge in [-0.15, -0.1) is 11.3 Å². The van der Waals surface area contributed by atoms with E-state index in [1.54, 1.807) is 12.1 Å². The first kappa shape index (κ1) is 22.3. The molecule has 1 aliphatic heterocycles. The molecule has 1 aromatic carbocycles. The minimum atomic E-state index is -0.271. The molecule has 0 bridgehead atoms. The highest BCUT2D eigenvalue weighted by atomic mass is 32.1. The van der Waals surface area contributed by atoms with Gasteiger partial charge in [-0.2, -0.15) is 0 Å². The quantitative estimate of drug-likeness (QED) is 0.472. The van der Waals surface area contributed by atoms with Gasteiger partial charge in [0, 0.05) is 42.5 Å². The Hall–Kier alpha value is -3.20. The summed E-state index contributed by atoms with van der Waals surface area (Å²) in [6, 6.07) is 5.33. The molecule has 1 atom stereocenters. The van der Waals surface area contributed by atoms with Gasteiger partial charge in [0.2, 0.25) is 11.8 Å². The highest BCUT2D eigenvalue weighted by Crippen LogP contribution is 2.41. The van der Waals surface area contributed by atoms with Crippen molar-refractivity contribution in [2.45, 2.75) is 51.5 Å². The number of hydrogen-bond donors (Lipinski definition) is 4. The van der Waals surface area contributed by atoms with E-state index < -0.39 is 0 Å². The number of carbonyl (C=O) groups excluding carboxylic acids is 4. The van der Waals surface area contributed by atoms with Crippen molar-refractivity contribution in [2.75, 3.05) is 17.2 Å². The number of carbonyl (C=O) groups is 4. The number of hydrogen-bond acceptors (Lipinski definition) is 5. The van der Waals surface area contributed by atoms with Gasteiger partial charge in [-0.3, -0.25) is 19.2 Å². The van der Waals surface area contributed by atoms with E-state index in [-0.39, 0.29) is 36.9 Å². The summed E-state index contributed by atoms with van der Waals surface area (Å²) in [5.41, 5.74) is 3.62. The fourth-order valence-corrected chi connectivity index (χ4v) is 6.14. The Morgan fingerprint density at radius 2 is 1.83 bits per heavy atom. The number of anilines is 2. The van der Waals surface area contributed by atoms with Crippen molar-refractivity contribution in [3.63, 3.8) is 0 Å². The van der Waals surface area contributed by atoms with Crippen molar-refractivity contribution in [2.24, 2.45) is 17.8 Å². The number of thiophene rings is 1. The average molecular weight is 495 g/mol. The molecule has 0 radical (unpaired) electrons. The first-order chi connectivity index (χ1) is 17.0. The minimum absolute atomic E-state index is 0. The van der Waals surface area contributed by atoms with E-state index in [2.05, 4.69) is 21.3 Å². The second-order valence-corrected chi connectivity index (χ2v) is 11.2. The van der Waals surface area contributed by atoms with Crippen LogP contribution < -0.4 is 21.3 Å². The van der Waals surface area contributed by atoms with Crippen LogP contribution in [-0.2, 0) is 29.0 Å². The average Bonchev–Trinajstić information content (AvgIpc) is 3.77. The summed E-state index contributed by atoms with van der Waals surface area (Å²) in [5.74, 6) is -0.0237. The van der Waals surface area contributed by atoms with Gasteiger partial charge in [0.05, 0.1) is 5.56 Å². The third-order valence-electron chi connectivity index (χ3n) is 7.35. The van der Waals surface area contributed by atoms with Gasteiger partial charge in [0.25, 0.3) is 11.8 Å². The molecule has 0 spiro atoms. The van der Waals surface area contributed by atoms with Gasteiger partial charge in [-0.1, -0.05) is 0 Å². The van der Waals surface area contributed by atoms with E-state index in [9.17, 15) is 19.2 Å². The summed E-state index contributed by atoms with van der Waals surface area (Å²) in [6.45, 7) is 1.12. The number of rotatable bonds is 7. The van der Waals surface area contributed by atoms with Crippen molar-refractivity contribution < 1.29 is 20.6 Å². The zero-order chi connectivity index (χ0) is 24.1. The smallest absolute Gasteiger partial charge is 0.254 e. The molecular weight excluding hydrogens is 464 g/mol. The van der Waals surface area contributed by atoms with Crippen LogP contribution in [0.2, 0.25) is 0 Å². The van der Waals surface area contributed by atoms with Gasteiger partial charge in [-0.05, 0) is 80.2 Å². The van der Waals surface area contributed by atoms with E-state index in [4.69, 9.17) is 0 Å². The Bertz CT molecular complexity index is 1250. The van der Waals surface area contributed by atoms with Crippen LogP contribution in [0, 0.1) is 17.8 Å². The molecule has 4 aliphatic rings. The Kier molecular flexibility index (Phi) is 5.59. The number of fused-ring (bicyclic) bond motifs is 2. The van der Waals surface area contributed by atoms with Crippen LogP contribution in [0.4, 0.5) is 10.7 Å². The number of benzene rings is 1. The van der Waals surface area contributed by atoms with Crippen LogP contribution in [0.25, 0.3) is 0 Å². The first-order valence-electron chi connectivity index (χ1n) is 12.4. The molecule has 1 unspecified atom stereocenters. The molecule has 9 heteroatoms. The summed E-state index contributed by atoms with van der Waals surface area (Å²) in [5, 5.41) is 12.5. The maximum atomic E-state index is 13.2. The molecular formula is C26H30N4O4S. The van der Waals surface area contributed by atoms with Crippen LogP contribution in [0.15, 0.2) is 18.2 Å². The van der Waals surface area contributed by atoms with Gasteiger partial charge in [0.15, 0.2) is 0 Å². The van der Waals surface area contributed by atoms with Crippen molar-refractivity contribution >= 4 is 45.7 Å². The minimum Gasteiger partial charge on any atom is -0.352 e. The molecule has 6 rings (SSSR count). The summed E-state index contributed by atoms with van der Waals surface area (Å²) in [7, 11) is 0. The lowest BCUT2D eigenvalue weighted by Gasteiger charge is -2.22. The van der Waals surface area contributed by atoms with Gasteiger partial charge in [-0.25, -0.2) is 0 Å². The molecule has 35 heavy (non-hydrogen) atoms. The maximum absolute atomic E-state index is 13.2. The monoisotopic (exact) mass is 494 g/mol. The molecule has 2 aromatic rings. The lowest BCUT2D eigenvalue weighted by molar-refractivity contribution is -0.120. The molecule has 2 heterocycles. The van der Waals surface area contributed by atoms with E-state index in [1.807, 2.05) is 6.07 Å². The van der Waals surface area contributed by atoms with Crippen molar-refractivity contribution in [3.05, 3.63) is 45.3 Å². The molecule has 2 saturated carbocycles. The van der Waals surface area contributed by atoms with Crippen molar-refractivity contribution in [1.29, 1.82) is 0 Å². The van der Waals surface area contributed by atoms with Crippen LogP contribution >= 0.6 is 11.3 Å². The molecule has 0 saturated heterocycles. The normalized spacial score (nSPS) is 20.5. The topological polar surface area (TPSA) is 116 Å². The zero-order valence-corrected chi connectivity index (χ0v) is 20.2. The second kappa shape index (κ2) is 8.78. The third kappa shape index (κ3) is 4.57. The Morgan fingerprint density at radius 1 is 1.03 bits per heavy atom. The molecule has 8 nitrogen and oxygen atoms in total. The van der Waals surface area contributed by atoms with E-state index in [1.165, 1.54) is 11.3 Å². The number of amides is 4. The molecule has 184 valence electrons. The fraction of sp³-hybridized carbons (Fsp3) is 0.462. The first-order valence-corrected chi connectivity index (χ1v) is 13.2.